The minimum atomic E-state index is 0.400. The number of aryl methyl sites for hydroxylation is 1. The number of aromatic nitrogens is 3. The van der Waals surface area contributed by atoms with Crippen molar-refractivity contribution in [1.82, 2.24) is 20.0 Å². The number of rotatable bonds is 4. The van der Waals surface area contributed by atoms with Gasteiger partial charge in [0.15, 0.2) is 10.9 Å². The van der Waals surface area contributed by atoms with Crippen LogP contribution in [0.4, 0.5) is 5.13 Å². The highest BCUT2D eigenvalue weighted by molar-refractivity contribution is 7.13. The summed E-state index contributed by atoms with van der Waals surface area (Å²) in [6.45, 7) is 7.76. The predicted octanol–water partition coefficient (Wildman–Crippen LogP) is 2.81. The molecule has 3 aromatic rings. The Bertz CT molecular complexity index is 797. The first-order valence-corrected chi connectivity index (χ1v) is 8.84. The fraction of sp³-hybridized carbons (Fsp3) is 0.438. The van der Waals surface area contributed by atoms with Crippen LogP contribution in [0.1, 0.15) is 18.5 Å². The summed E-state index contributed by atoms with van der Waals surface area (Å²) in [6, 6.07) is 4.04. The standard InChI is InChI=1S/C16H19N5O2S/c1-11-10-24-16(17-11)21-6-5-20(8-12(21)2)9-14-18-15(19-23-14)13-4-3-7-22-13/h3-4,7,10,12H,5-6,8-9H2,1-2H3/t12-/m1/s1. The van der Waals surface area contributed by atoms with Crippen LogP contribution in [-0.2, 0) is 6.54 Å². The van der Waals surface area contributed by atoms with Crippen LogP contribution in [0.3, 0.4) is 0 Å². The van der Waals surface area contributed by atoms with Crippen LogP contribution in [0.25, 0.3) is 11.6 Å². The van der Waals surface area contributed by atoms with Crippen molar-refractivity contribution in [2.45, 2.75) is 26.4 Å². The van der Waals surface area contributed by atoms with Crippen molar-refractivity contribution >= 4 is 16.5 Å². The van der Waals surface area contributed by atoms with Gasteiger partial charge in [0.2, 0.25) is 11.7 Å². The Kier molecular flexibility index (Phi) is 4.07. The van der Waals surface area contributed by atoms with Gasteiger partial charge in [-0.2, -0.15) is 4.98 Å². The lowest BCUT2D eigenvalue weighted by Crippen LogP contribution is -2.51. The second-order valence-electron chi connectivity index (χ2n) is 6.04. The molecule has 1 atom stereocenters. The van der Waals surface area contributed by atoms with E-state index in [0.29, 0.717) is 30.1 Å². The van der Waals surface area contributed by atoms with Crippen LogP contribution in [0.2, 0.25) is 0 Å². The van der Waals surface area contributed by atoms with Gasteiger partial charge in [-0.05, 0) is 26.0 Å². The lowest BCUT2D eigenvalue weighted by atomic mass is 10.2. The van der Waals surface area contributed by atoms with E-state index in [1.807, 2.05) is 19.1 Å². The molecule has 0 aromatic carbocycles. The van der Waals surface area contributed by atoms with Gasteiger partial charge in [0.05, 0.1) is 18.5 Å². The fourth-order valence-electron chi connectivity index (χ4n) is 2.95. The summed E-state index contributed by atoms with van der Waals surface area (Å²) >= 11 is 1.71. The Morgan fingerprint density at radius 3 is 2.96 bits per heavy atom. The lowest BCUT2D eigenvalue weighted by Gasteiger charge is -2.39. The van der Waals surface area contributed by atoms with E-state index in [1.165, 1.54) is 0 Å². The molecule has 3 aromatic heterocycles. The van der Waals surface area contributed by atoms with Gasteiger partial charge < -0.3 is 13.8 Å². The summed E-state index contributed by atoms with van der Waals surface area (Å²) in [5.74, 6) is 1.74. The van der Waals surface area contributed by atoms with Crippen LogP contribution in [-0.4, -0.2) is 45.7 Å². The molecule has 0 spiro atoms. The molecule has 4 heterocycles. The Labute approximate surface area is 143 Å². The van der Waals surface area contributed by atoms with Crippen LogP contribution in [0.5, 0.6) is 0 Å². The summed E-state index contributed by atoms with van der Waals surface area (Å²) in [5, 5.41) is 7.19. The van der Waals surface area contributed by atoms with Gasteiger partial charge in [0.1, 0.15) is 0 Å². The molecule has 0 aliphatic carbocycles. The van der Waals surface area contributed by atoms with Crippen molar-refractivity contribution in [3.8, 4) is 11.6 Å². The summed E-state index contributed by atoms with van der Waals surface area (Å²) in [7, 11) is 0. The van der Waals surface area contributed by atoms with E-state index in [1.54, 1.807) is 17.6 Å². The SMILES string of the molecule is Cc1csc(N2CCN(Cc3nc(-c4ccco4)no3)C[C@H]2C)n1. The van der Waals surface area contributed by atoms with Gasteiger partial charge in [-0.15, -0.1) is 11.3 Å². The van der Waals surface area contributed by atoms with Gasteiger partial charge in [-0.3, -0.25) is 4.90 Å². The average molecular weight is 345 g/mol. The minimum absolute atomic E-state index is 0.400. The lowest BCUT2D eigenvalue weighted by molar-refractivity contribution is 0.194. The van der Waals surface area contributed by atoms with E-state index in [9.17, 15) is 0 Å². The van der Waals surface area contributed by atoms with Gasteiger partial charge in [0, 0.05) is 31.1 Å². The third kappa shape index (κ3) is 3.07. The van der Waals surface area contributed by atoms with E-state index < -0.39 is 0 Å². The first-order chi connectivity index (χ1) is 11.7. The van der Waals surface area contributed by atoms with Crippen molar-refractivity contribution in [2.24, 2.45) is 0 Å². The molecule has 7 nitrogen and oxygen atoms in total. The molecule has 0 amide bonds. The van der Waals surface area contributed by atoms with Gasteiger partial charge in [-0.1, -0.05) is 5.16 Å². The van der Waals surface area contributed by atoms with Gasteiger partial charge in [-0.25, -0.2) is 4.98 Å². The van der Waals surface area contributed by atoms with E-state index in [-0.39, 0.29) is 0 Å². The first-order valence-electron chi connectivity index (χ1n) is 7.96. The monoisotopic (exact) mass is 345 g/mol. The van der Waals surface area contributed by atoms with E-state index in [2.05, 4.69) is 37.2 Å². The van der Waals surface area contributed by atoms with Crippen molar-refractivity contribution in [1.29, 1.82) is 0 Å². The molecule has 24 heavy (non-hydrogen) atoms. The predicted molar refractivity (Wildman–Crippen MR) is 90.9 cm³/mol. The van der Waals surface area contributed by atoms with E-state index in [4.69, 9.17) is 8.94 Å². The van der Waals surface area contributed by atoms with Crippen LogP contribution in [0.15, 0.2) is 32.7 Å². The molecular formula is C16H19N5O2S. The number of hydrogen-bond donors (Lipinski definition) is 0. The zero-order valence-electron chi connectivity index (χ0n) is 13.7. The Hall–Kier alpha value is -2.19. The summed E-state index contributed by atoms with van der Waals surface area (Å²) < 4.78 is 10.6. The summed E-state index contributed by atoms with van der Waals surface area (Å²) in [5.41, 5.74) is 1.08. The normalized spacial score (nSPS) is 19.1. The fourth-order valence-corrected chi connectivity index (χ4v) is 3.88. The van der Waals surface area contributed by atoms with Crippen LogP contribution >= 0.6 is 11.3 Å². The largest absolute Gasteiger partial charge is 0.461 e. The highest BCUT2D eigenvalue weighted by Gasteiger charge is 2.26. The molecule has 0 bridgehead atoms. The maximum absolute atomic E-state index is 5.35. The van der Waals surface area contributed by atoms with Crippen molar-refractivity contribution in [2.75, 3.05) is 24.5 Å². The average Bonchev–Trinajstić information content (AvgIpc) is 3.28. The second-order valence-corrected chi connectivity index (χ2v) is 6.87. The second kappa shape index (κ2) is 6.37. The van der Waals surface area contributed by atoms with E-state index >= 15 is 0 Å². The molecule has 126 valence electrons. The minimum Gasteiger partial charge on any atom is -0.461 e. The summed E-state index contributed by atoms with van der Waals surface area (Å²) in [6.07, 6.45) is 1.60. The van der Waals surface area contributed by atoms with Crippen LogP contribution in [0, 0.1) is 6.92 Å². The maximum atomic E-state index is 5.35. The Balaban J connectivity index is 1.39. The molecular weight excluding hydrogens is 326 g/mol. The zero-order valence-corrected chi connectivity index (χ0v) is 14.5. The van der Waals surface area contributed by atoms with Crippen LogP contribution < -0.4 is 4.90 Å². The highest BCUT2D eigenvalue weighted by Crippen LogP contribution is 2.25. The van der Waals surface area contributed by atoms with E-state index in [0.717, 1.165) is 30.5 Å². The third-order valence-electron chi connectivity index (χ3n) is 4.13. The Morgan fingerprint density at radius 2 is 2.25 bits per heavy atom. The maximum Gasteiger partial charge on any atom is 0.241 e. The molecule has 0 N–H and O–H groups in total. The zero-order chi connectivity index (χ0) is 16.5. The highest BCUT2D eigenvalue weighted by atomic mass is 32.1. The Morgan fingerprint density at radius 1 is 1.33 bits per heavy atom. The molecule has 1 saturated heterocycles. The topological polar surface area (TPSA) is 71.4 Å². The van der Waals surface area contributed by atoms with Crippen molar-refractivity contribution < 1.29 is 8.94 Å². The number of hydrogen-bond acceptors (Lipinski definition) is 8. The van der Waals surface area contributed by atoms with Gasteiger partial charge in [0.25, 0.3) is 0 Å². The molecule has 0 radical (unpaired) electrons. The molecule has 1 fully saturated rings. The quantitative estimate of drug-likeness (QED) is 0.720. The third-order valence-corrected chi connectivity index (χ3v) is 5.13. The van der Waals surface area contributed by atoms with Crippen molar-refractivity contribution in [3.05, 3.63) is 35.4 Å². The number of thiazole rings is 1. The number of nitrogens with zero attached hydrogens (tertiary/aromatic N) is 5. The molecule has 8 heteroatoms. The van der Waals surface area contributed by atoms with Gasteiger partial charge >= 0.3 is 0 Å². The molecule has 0 unspecified atom stereocenters. The van der Waals surface area contributed by atoms with Crippen molar-refractivity contribution in [3.63, 3.8) is 0 Å². The number of piperazine rings is 1. The molecule has 0 saturated carbocycles. The first kappa shape index (κ1) is 15.3. The summed E-state index contributed by atoms with van der Waals surface area (Å²) in [4.78, 5) is 13.7. The molecule has 4 rings (SSSR count). The molecule has 1 aliphatic rings. The smallest absolute Gasteiger partial charge is 0.241 e. The molecule has 1 aliphatic heterocycles. The number of anilines is 1. The number of furan rings is 1.